The van der Waals surface area contributed by atoms with E-state index in [2.05, 4.69) is 20.4 Å². The second-order valence-electron chi connectivity index (χ2n) is 14.2. The second-order valence-corrected chi connectivity index (χ2v) is 14.2. The van der Waals surface area contributed by atoms with Crippen LogP contribution in [0.15, 0.2) is 36.4 Å². The van der Waals surface area contributed by atoms with Gasteiger partial charge in [-0.1, -0.05) is 0 Å². The van der Waals surface area contributed by atoms with Gasteiger partial charge in [-0.15, -0.1) is 0 Å². The Balaban J connectivity index is 0.979. The van der Waals surface area contributed by atoms with Crippen LogP contribution >= 0.6 is 0 Å². The molecule has 2 saturated carbocycles. The maximum Gasteiger partial charge on any atom is 0.256 e. The zero-order valence-electron chi connectivity index (χ0n) is 28.4. The molecule has 2 saturated heterocycles. The van der Waals surface area contributed by atoms with Crippen molar-refractivity contribution in [2.45, 2.75) is 75.5 Å². The fourth-order valence-corrected chi connectivity index (χ4v) is 8.11. The van der Waals surface area contributed by atoms with Gasteiger partial charge in [0.25, 0.3) is 11.8 Å². The van der Waals surface area contributed by atoms with E-state index in [1.165, 1.54) is 45.6 Å². The number of methoxy groups -OCH3 is 1. The Morgan fingerprint density at radius 1 is 0.917 bits per heavy atom. The highest BCUT2D eigenvalue weighted by molar-refractivity contribution is 6.13. The summed E-state index contributed by atoms with van der Waals surface area (Å²) in [4.78, 5) is 47.5. The molecule has 3 heterocycles. The summed E-state index contributed by atoms with van der Waals surface area (Å²) in [6.45, 7) is 7.22. The third kappa shape index (κ3) is 7.04. The first-order valence-corrected chi connectivity index (χ1v) is 17.9. The largest absolute Gasteiger partial charge is 0.495 e. The molecular weight excluding hydrogens is 608 g/mol. The number of nitrogens with zero attached hydrogens (tertiary/aromatic N) is 4. The quantitative estimate of drug-likeness (QED) is 0.289. The van der Waals surface area contributed by atoms with E-state index in [-0.39, 0.29) is 23.9 Å². The van der Waals surface area contributed by atoms with E-state index in [0.29, 0.717) is 30.6 Å². The van der Waals surface area contributed by atoms with Crippen molar-refractivity contribution >= 4 is 40.9 Å². The van der Waals surface area contributed by atoms with Crippen LogP contribution in [0.5, 0.6) is 5.75 Å². The Bertz CT molecular complexity index is 1480. The predicted octanol–water partition coefficient (Wildman–Crippen LogP) is 4.04. The van der Waals surface area contributed by atoms with Crippen LogP contribution in [0.1, 0.15) is 61.7 Å². The number of carbonyl (C=O) groups excluding carboxylic acids is 3. The lowest BCUT2D eigenvalue weighted by Crippen LogP contribution is -2.57. The fourth-order valence-electron chi connectivity index (χ4n) is 8.11. The number of carbonyl (C=O) groups is 3. The second kappa shape index (κ2) is 14.4. The summed E-state index contributed by atoms with van der Waals surface area (Å²) in [6, 6.07) is 11.2. The number of anilines is 4. The van der Waals surface area contributed by atoms with Crippen molar-refractivity contribution in [3.05, 3.63) is 42.0 Å². The van der Waals surface area contributed by atoms with Gasteiger partial charge in [0.15, 0.2) is 12.3 Å². The number of amides is 2. The Morgan fingerprint density at radius 3 is 2.35 bits per heavy atom. The summed E-state index contributed by atoms with van der Waals surface area (Å²) in [5, 5.41) is 6.73. The number of benzene rings is 2. The first-order valence-electron chi connectivity index (χ1n) is 17.9. The third-order valence-electron chi connectivity index (χ3n) is 11.1. The molecule has 0 bridgehead atoms. The summed E-state index contributed by atoms with van der Waals surface area (Å²) >= 11 is 0. The van der Waals surface area contributed by atoms with Gasteiger partial charge in [0.1, 0.15) is 5.75 Å². The highest BCUT2D eigenvalue weighted by Gasteiger charge is 2.40. The Hall–Kier alpha value is -3.67. The van der Waals surface area contributed by atoms with Crippen molar-refractivity contribution < 1.29 is 23.9 Å². The first-order chi connectivity index (χ1) is 23.4. The molecule has 2 aromatic carbocycles. The van der Waals surface area contributed by atoms with Gasteiger partial charge < -0.3 is 39.6 Å². The molecule has 2 aliphatic carbocycles. The molecule has 2 aromatic rings. The van der Waals surface area contributed by atoms with Crippen LogP contribution in [-0.2, 0) is 14.3 Å². The van der Waals surface area contributed by atoms with Crippen molar-refractivity contribution in [1.82, 2.24) is 15.1 Å². The minimum absolute atomic E-state index is 0.0234. The third-order valence-corrected chi connectivity index (χ3v) is 11.1. The summed E-state index contributed by atoms with van der Waals surface area (Å²) in [7, 11) is 3.31. The number of aldehydes is 1. The van der Waals surface area contributed by atoms with E-state index in [1.54, 1.807) is 25.1 Å². The molecule has 2 N–H and O–H groups in total. The van der Waals surface area contributed by atoms with Gasteiger partial charge >= 0.3 is 0 Å². The normalized spacial score (nSPS) is 25.8. The maximum absolute atomic E-state index is 13.3. The summed E-state index contributed by atoms with van der Waals surface area (Å²) < 4.78 is 11.3. The lowest BCUT2D eigenvalue weighted by atomic mass is 9.89. The van der Waals surface area contributed by atoms with Gasteiger partial charge in [-0.25, -0.2) is 0 Å². The highest BCUT2D eigenvalue weighted by atomic mass is 16.5. The average Bonchev–Trinajstić information content (AvgIpc) is 3.95. The van der Waals surface area contributed by atoms with Crippen molar-refractivity contribution in [2.24, 2.45) is 5.92 Å². The predicted molar refractivity (Wildman–Crippen MR) is 187 cm³/mol. The zero-order valence-corrected chi connectivity index (χ0v) is 28.4. The van der Waals surface area contributed by atoms with Crippen LogP contribution in [-0.4, -0.2) is 112 Å². The lowest BCUT2D eigenvalue weighted by molar-refractivity contribution is -0.124. The lowest BCUT2D eigenvalue weighted by Gasteiger charge is -2.45. The van der Waals surface area contributed by atoms with Gasteiger partial charge in [0, 0.05) is 82.4 Å². The number of hydrogen-bond donors (Lipinski definition) is 2. The van der Waals surface area contributed by atoms with Crippen LogP contribution in [0.3, 0.4) is 0 Å². The molecule has 7 rings (SSSR count). The number of nitrogens with one attached hydrogen (secondary N) is 2. The summed E-state index contributed by atoms with van der Waals surface area (Å²) in [5.74, 6) is 1.21. The highest BCUT2D eigenvalue weighted by Crippen LogP contribution is 2.41. The SMILES string of the molecule is COc1cc(C(=O)NC2CCC(N3CCN(CC4CC4)CC3)CC2)ccc1Nc1ccc2c(c1)N(C1CCOCC1)C(C=O)C(=O)N2C. The molecule has 3 aliphatic heterocycles. The van der Waals surface area contributed by atoms with Crippen LogP contribution in [0.25, 0.3) is 0 Å². The van der Waals surface area contributed by atoms with Crippen molar-refractivity contribution in [1.29, 1.82) is 0 Å². The number of ether oxygens (including phenoxy) is 2. The Morgan fingerprint density at radius 2 is 1.67 bits per heavy atom. The number of fused-ring (bicyclic) bond motifs is 1. The minimum Gasteiger partial charge on any atom is -0.495 e. The molecule has 11 heteroatoms. The van der Waals surface area contributed by atoms with E-state index in [9.17, 15) is 14.4 Å². The molecule has 2 amide bonds. The number of hydrogen-bond acceptors (Lipinski definition) is 9. The van der Waals surface area contributed by atoms with Crippen LogP contribution < -0.4 is 25.2 Å². The number of rotatable bonds is 10. The monoisotopic (exact) mass is 658 g/mol. The molecular formula is C37H50N6O5. The minimum atomic E-state index is -0.879. The molecule has 4 fully saturated rings. The molecule has 11 nitrogen and oxygen atoms in total. The van der Waals surface area contributed by atoms with Gasteiger partial charge in [-0.3, -0.25) is 14.5 Å². The maximum atomic E-state index is 13.3. The van der Waals surface area contributed by atoms with Crippen molar-refractivity contribution in [3.8, 4) is 5.75 Å². The van der Waals surface area contributed by atoms with Gasteiger partial charge in [0.2, 0.25) is 0 Å². The molecule has 0 radical (unpaired) electrons. The Labute approximate surface area is 283 Å². The van der Waals surface area contributed by atoms with Crippen molar-refractivity contribution in [3.63, 3.8) is 0 Å². The van der Waals surface area contributed by atoms with E-state index in [0.717, 1.165) is 73.5 Å². The molecule has 258 valence electrons. The van der Waals surface area contributed by atoms with E-state index in [4.69, 9.17) is 9.47 Å². The fraction of sp³-hybridized carbons (Fsp3) is 0.595. The average molecular weight is 659 g/mol. The van der Waals surface area contributed by atoms with E-state index >= 15 is 0 Å². The molecule has 48 heavy (non-hydrogen) atoms. The zero-order chi connectivity index (χ0) is 33.2. The molecule has 1 atom stereocenters. The van der Waals surface area contributed by atoms with E-state index < -0.39 is 6.04 Å². The molecule has 1 unspecified atom stereocenters. The van der Waals surface area contributed by atoms with Crippen LogP contribution in [0.4, 0.5) is 22.7 Å². The van der Waals surface area contributed by atoms with Gasteiger partial charge in [-0.2, -0.15) is 0 Å². The van der Waals surface area contributed by atoms with Gasteiger partial charge in [0.05, 0.1) is 24.2 Å². The molecule has 0 aromatic heterocycles. The van der Waals surface area contributed by atoms with Crippen molar-refractivity contribution in [2.75, 3.05) is 75.2 Å². The summed E-state index contributed by atoms with van der Waals surface area (Å²) in [5.41, 5.74) is 3.66. The first kappa shape index (κ1) is 32.9. The summed E-state index contributed by atoms with van der Waals surface area (Å²) in [6.07, 6.45) is 9.34. The molecule has 0 spiro atoms. The standard InChI is InChI=1S/C37H50N6O5/c1-40-32-12-8-28(22-33(32)43(34(24-44)37(40)46)30-13-19-48-20-14-30)38-31-11-5-26(21-35(31)47-2)36(45)39-27-6-9-29(10-7-27)42-17-15-41(16-18-42)23-25-3-4-25/h5,8,11-12,21-22,24-25,27,29-30,34,38H,3-4,6-7,9-10,13-20,23H2,1-2H3,(H,39,45). The number of likely N-dealkylation sites (N-methyl/N-ethyl adjacent to an activating group) is 1. The smallest absolute Gasteiger partial charge is 0.256 e. The van der Waals surface area contributed by atoms with E-state index in [1.807, 2.05) is 35.2 Å². The molecule has 5 aliphatic rings. The van der Waals surface area contributed by atoms with Crippen LogP contribution in [0, 0.1) is 5.92 Å². The number of piperazine rings is 1. The van der Waals surface area contributed by atoms with Crippen LogP contribution in [0.2, 0.25) is 0 Å². The topological polar surface area (TPSA) is 107 Å². The Kier molecular flexibility index (Phi) is 9.88. The van der Waals surface area contributed by atoms with Gasteiger partial charge in [-0.05, 0) is 93.7 Å².